The van der Waals surface area contributed by atoms with Gasteiger partial charge >= 0.3 is 11.9 Å². The fourth-order valence-corrected chi connectivity index (χ4v) is 7.61. The number of nitrogens with one attached hydrogen (secondary N) is 2. The first-order chi connectivity index (χ1) is 19.1. The van der Waals surface area contributed by atoms with E-state index in [0.717, 1.165) is 11.1 Å². The number of fused-ring (bicyclic) bond motifs is 4. The van der Waals surface area contributed by atoms with Gasteiger partial charge in [-0.05, 0) is 81.3 Å². The molecule has 2 saturated heterocycles. The zero-order valence-corrected chi connectivity index (χ0v) is 24.6. The molecule has 4 bridgehead atoms. The summed E-state index contributed by atoms with van der Waals surface area (Å²) in [6.45, 7) is 11.6. The van der Waals surface area contributed by atoms with E-state index in [1.54, 1.807) is 0 Å². The van der Waals surface area contributed by atoms with Gasteiger partial charge < -0.3 is 20.1 Å². The van der Waals surface area contributed by atoms with Gasteiger partial charge in [0.2, 0.25) is 0 Å². The van der Waals surface area contributed by atoms with Gasteiger partial charge in [-0.15, -0.1) is 0 Å². The summed E-state index contributed by atoms with van der Waals surface area (Å²) < 4.78 is 11.4. The Hall–Kier alpha value is -3.68. The Labute approximate surface area is 240 Å². The summed E-state index contributed by atoms with van der Waals surface area (Å²) >= 11 is 0. The van der Waals surface area contributed by atoms with Crippen LogP contribution in [0.2, 0.25) is 0 Å². The van der Waals surface area contributed by atoms with Gasteiger partial charge in [0.1, 0.15) is 0 Å². The maximum absolute atomic E-state index is 13.3. The standard InChI is InChI=1S/C33H38N2O6/c1-28(2)30(5)15-17-32(28,40-26(30)38)24(36)34-22-11-7-20(8-12-22)19-21-9-13-23(14-10-21)35-25(37)33-18-16-31(6,27(39)41-33)29(33,3)4/h7-14H,15-19H2,1-6H3,(H,34,36)(H,35,37)/t30-,31-,32-,33+/m1/s1. The minimum atomic E-state index is -1.15. The molecular formula is C33H38N2O6. The predicted octanol–water partition coefficient (Wildman–Crippen LogP) is 5.40. The second-order valence-electron chi connectivity index (χ2n) is 13.8. The van der Waals surface area contributed by atoms with Crippen LogP contribution >= 0.6 is 0 Å². The SMILES string of the molecule is CC1(C)[C@@]2(C(=O)Nc3ccc(Cc4ccc(NC(=O)[C@@]56CC[C@](C)(C(=O)O5)C6(C)C)cc4)cc3)CC[C@]1(C)C(=O)O2. The molecule has 0 radical (unpaired) electrons. The van der Waals surface area contributed by atoms with E-state index in [0.29, 0.717) is 43.5 Å². The van der Waals surface area contributed by atoms with E-state index in [9.17, 15) is 19.2 Å². The maximum atomic E-state index is 13.3. The van der Waals surface area contributed by atoms with E-state index in [1.807, 2.05) is 90.1 Å². The van der Waals surface area contributed by atoms with Gasteiger partial charge in [0.05, 0.1) is 10.8 Å². The lowest BCUT2D eigenvalue weighted by molar-refractivity contribution is -0.166. The largest absolute Gasteiger partial charge is 0.448 e. The second-order valence-corrected chi connectivity index (χ2v) is 13.8. The van der Waals surface area contributed by atoms with Crippen molar-refractivity contribution in [3.8, 4) is 0 Å². The molecule has 0 spiro atoms. The van der Waals surface area contributed by atoms with Crippen LogP contribution in [-0.2, 0) is 35.1 Å². The van der Waals surface area contributed by atoms with Crippen molar-refractivity contribution in [2.24, 2.45) is 21.7 Å². The summed E-state index contributed by atoms with van der Waals surface area (Å²) in [5, 5.41) is 5.94. The average molecular weight is 559 g/mol. The predicted molar refractivity (Wildman–Crippen MR) is 153 cm³/mol. The van der Waals surface area contributed by atoms with E-state index in [2.05, 4.69) is 10.6 Å². The maximum Gasteiger partial charge on any atom is 0.313 e. The number of anilines is 2. The van der Waals surface area contributed by atoms with Crippen LogP contribution < -0.4 is 10.6 Å². The van der Waals surface area contributed by atoms with E-state index in [-0.39, 0.29) is 23.8 Å². The van der Waals surface area contributed by atoms with Crippen molar-refractivity contribution in [1.29, 1.82) is 0 Å². The third kappa shape index (κ3) is 3.39. The number of esters is 2. The fourth-order valence-electron chi connectivity index (χ4n) is 7.61. The number of benzene rings is 2. The van der Waals surface area contributed by atoms with E-state index in [4.69, 9.17) is 9.47 Å². The first kappa shape index (κ1) is 27.5. The molecule has 2 aromatic carbocycles. The first-order valence-corrected chi connectivity index (χ1v) is 14.4. The second kappa shape index (κ2) is 8.43. The molecule has 2 aromatic rings. The normalized spacial score (nSPS) is 33.8. The van der Waals surface area contributed by atoms with Crippen LogP contribution in [0.25, 0.3) is 0 Å². The van der Waals surface area contributed by atoms with Crippen molar-refractivity contribution in [3.63, 3.8) is 0 Å². The van der Waals surface area contributed by atoms with Crippen LogP contribution in [0.4, 0.5) is 11.4 Å². The molecule has 8 heteroatoms. The summed E-state index contributed by atoms with van der Waals surface area (Å²) in [6.07, 6.45) is 2.99. The molecule has 0 aromatic heterocycles. The molecular weight excluding hydrogens is 520 g/mol. The molecule has 216 valence electrons. The summed E-state index contributed by atoms with van der Waals surface area (Å²) in [5.74, 6) is -1.14. The molecule has 6 rings (SSSR count). The van der Waals surface area contributed by atoms with Crippen molar-refractivity contribution in [3.05, 3.63) is 59.7 Å². The highest BCUT2D eigenvalue weighted by atomic mass is 16.6. The van der Waals surface area contributed by atoms with Crippen molar-refractivity contribution in [2.75, 3.05) is 10.6 Å². The molecule has 4 fully saturated rings. The van der Waals surface area contributed by atoms with Crippen LogP contribution in [0.3, 0.4) is 0 Å². The molecule has 2 saturated carbocycles. The van der Waals surface area contributed by atoms with Gasteiger partial charge in [-0.2, -0.15) is 0 Å². The zero-order valence-electron chi connectivity index (χ0n) is 24.6. The monoisotopic (exact) mass is 558 g/mol. The van der Waals surface area contributed by atoms with Gasteiger partial charge in [-0.1, -0.05) is 52.0 Å². The van der Waals surface area contributed by atoms with E-state index in [1.165, 1.54) is 0 Å². The molecule has 2 aliphatic carbocycles. The van der Waals surface area contributed by atoms with Gasteiger partial charge in [-0.3, -0.25) is 19.2 Å². The minimum absolute atomic E-state index is 0.278. The molecule has 4 atom stereocenters. The van der Waals surface area contributed by atoms with E-state index >= 15 is 0 Å². The molecule has 2 aliphatic heterocycles. The van der Waals surface area contributed by atoms with Gasteiger partial charge in [0.25, 0.3) is 11.8 Å². The number of hydrogen-bond acceptors (Lipinski definition) is 6. The van der Waals surface area contributed by atoms with E-state index < -0.39 is 32.9 Å². The summed E-state index contributed by atoms with van der Waals surface area (Å²) in [6, 6.07) is 15.3. The van der Waals surface area contributed by atoms with Crippen molar-refractivity contribution >= 4 is 35.1 Å². The molecule has 8 nitrogen and oxygen atoms in total. The van der Waals surface area contributed by atoms with Crippen molar-refractivity contribution in [1.82, 2.24) is 0 Å². The zero-order chi connectivity index (χ0) is 29.6. The topological polar surface area (TPSA) is 111 Å². The molecule has 4 aliphatic rings. The minimum Gasteiger partial charge on any atom is -0.448 e. The van der Waals surface area contributed by atoms with Crippen LogP contribution in [-0.4, -0.2) is 35.0 Å². The Morgan fingerprint density at radius 1 is 0.610 bits per heavy atom. The molecule has 2 amide bonds. The highest BCUT2D eigenvalue weighted by molar-refractivity contribution is 6.04. The third-order valence-corrected chi connectivity index (χ3v) is 11.7. The van der Waals surface area contributed by atoms with Crippen LogP contribution in [0, 0.1) is 21.7 Å². The Balaban J connectivity index is 1.08. The number of carbonyl (C=O) groups excluding carboxylic acids is 4. The Kier molecular flexibility index (Phi) is 5.65. The van der Waals surface area contributed by atoms with Crippen LogP contribution in [0.15, 0.2) is 48.5 Å². The third-order valence-electron chi connectivity index (χ3n) is 11.7. The highest BCUT2D eigenvalue weighted by Gasteiger charge is 2.76. The fraction of sp³-hybridized carbons (Fsp3) is 0.515. The lowest BCUT2D eigenvalue weighted by Gasteiger charge is -2.35. The Morgan fingerprint density at radius 2 is 0.951 bits per heavy atom. The molecule has 2 heterocycles. The number of ether oxygens (including phenoxy) is 2. The first-order valence-electron chi connectivity index (χ1n) is 14.4. The smallest absolute Gasteiger partial charge is 0.313 e. The van der Waals surface area contributed by atoms with Gasteiger partial charge in [-0.25, -0.2) is 0 Å². The highest BCUT2D eigenvalue weighted by Crippen LogP contribution is 2.66. The molecule has 0 unspecified atom stereocenters. The Bertz CT molecular complexity index is 1370. The van der Waals surface area contributed by atoms with Crippen molar-refractivity contribution in [2.45, 2.75) is 84.8 Å². The lowest BCUT2D eigenvalue weighted by Crippen LogP contribution is -2.50. The summed E-state index contributed by atoms with van der Waals surface area (Å²) in [5.41, 5.74) is -1.38. The quantitative estimate of drug-likeness (QED) is 0.460. The number of amides is 2. The van der Waals surface area contributed by atoms with Gasteiger partial charge in [0, 0.05) is 22.2 Å². The van der Waals surface area contributed by atoms with Gasteiger partial charge in [0.15, 0.2) is 11.2 Å². The van der Waals surface area contributed by atoms with Crippen molar-refractivity contribution < 1.29 is 28.7 Å². The van der Waals surface area contributed by atoms with Crippen LogP contribution in [0.1, 0.15) is 78.4 Å². The number of hydrogen-bond donors (Lipinski definition) is 2. The van der Waals surface area contributed by atoms with Crippen LogP contribution in [0.5, 0.6) is 0 Å². The summed E-state index contributed by atoms with van der Waals surface area (Å²) in [4.78, 5) is 51.7. The number of rotatable bonds is 6. The molecule has 41 heavy (non-hydrogen) atoms. The Morgan fingerprint density at radius 3 is 1.22 bits per heavy atom. The molecule has 2 N–H and O–H groups in total. The average Bonchev–Trinajstić information content (AvgIpc) is 3.39. The lowest BCUT2D eigenvalue weighted by atomic mass is 9.66. The summed E-state index contributed by atoms with van der Waals surface area (Å²) in [7, 11) is 0. The number of carbonyl (C=O) groups is 4.